The molecule has 27 heavy (non-hydrogen) atoms. The van der Waals surface area contributed by atoms with Crippen molar-refractivity contribution in [2.24, 2.45) is 0 Å². The largest absolute Gasteiger partial charge is 0.382 e. The van der Waals surface area contributed by atoms with Crippen LogP contribution in [-0.2, 0) is 0 Å². The Balaban J connectivity index is 0.000000596. The second kappa shape index (κ2) is 9.48. The van der Waals surface area contributed by atoms with Crippen LogP contribution in [-0.4, -0.2) is 42.3 Å². The zero-order chi connectivity index (χ0) is 19.8. The van der Waals surface area contributed by atoms with Crippen LogP contribution in [0.2, 0.25) is 0 Å². The first-order valence-electron chi connectivity index (χ1n) is 8.25. The molecule has 0 aliphatic heterocycles. The molecule has 0 spiro atoms. The van der Waals surface area contributed by atoms with Crippen LogP contribution < -0.4 is 15.6 Å². The van der Waals surface area contributed by atoms with E-state index < -0.39 is 5.09 Å². The fraction of sp³-hybridized carbons (Fsp3) is 0.222. The lowest BCUT2D eigenvalue weighted by Crippen LogP contribution is -2.37. The average molecular weight is 387 g/mol. The summed E-state index contributed by atoms with van der Waals surface area (Å²) in [5.41, 5.74) is 3.43. The van der Waals surface area contributed by atoms with E-state index in [2.05, 4.69) is 64.1 Å². The molecule has 9 heteroatoms. The predicted octanol–water partition coefficient (Wildman–Crippen LogP) is 2.42. The summed E-state index contributed by atoms with van der Waals surface area (Å²) in [5.74, 6) is 0. The van der Waals surface area contributed by atoms with Gasteiger partial charge in [-0.15, -0.1) is 0 Å². The monoisotopic (exact) mass is 387 g/mol. The first kappa shape index (κ1) is 20.1. The van der Waals surface area contributed by atoms with Crippen LogP contribution >= 0.6 is 12.2 Å². The normalized spacial score (nSPS) is 10.0. The summed E-state index contributed by atoms with van der Waals surface area (Å²) in [7, 11) is 3.84. The molecule has 0 atom stereocenters. The maximum absolute atomic E-state index is 8.25. The van der Waals surface area contributed by atoms with Crippen LogP contribution in [0.4, 0.5) is 5.69 Å². The first-order chi connectivity index (χ1) is 12.9. The number of anilines is 1. The number of H-pyrrole nitrogens is 1. The number of pyridine rings is 1. The molecule has 8 nitrogen and oxygen atoms in total. The van der Waals surface area contributed by atoms with Gasteiger partial charge in [0, 0.05) is 39.3 Å². The molecule has 0 radical (unpaired) electrons. The predicted molar refractivity (Wildman–Crippen MR) is 111 cm³/mol. The summed E-state index contributed by atoms with van der Waals surface area (Å²) in [6, 6.07) is 16.7. The number of nitrogens with one attached hydrogen (secondary N) is 3. The number of para-hydroxylation sites is 2. The van der Waals surface area contributed by atoms with Crippen LogP contribution in [0.5, 0.6) is 0 Å². The van der Waals surface area contributed by atoms with Crippen LogP contribution in [0.1, 0.15) is 0 Å². The van der Waals surface area contributed by atoms with E-state index >= 15 is 0 Å². The maximum atomic E-state index is 8.25. The van der Waals surface area contributed by atoms with Gasteiger partial charge in [-0.2, -0.15) is 0 Å². The van der Waals surface area contributed by atoms with E-state index in [1.165, 1.54) is 16.5 Å². The molecule has 1 heterocycles. The highest BCUT2D eigenvalue weighted by atomic mass is 32.1. The number of rotatable bonds is 4. The number of thiocarbonyl (C=S) groups is 1. The Hall–Kier alpha value is -3.20. The van der Waals surface area contributed by atoms with Gasteiger partial charge in [-0.25, -0.2) is 4.98 Å². The minimum Gasteiger partial charge on any atom is -0.382 e. The number of hydrogen-bond acceptors (Lipinski definition) is 5. The summed E-state index contributed by atoms with van der Waals surface area (Å²) < 4.78 is 0. The second-order valence-corrected chi connectivity index (χ2v) is 6.10. The number of likely N-dealkylation sites (N-methyl/N-ethyl adjacent to an activating group) is 1. The number of aromatic amines is 1. The molecule has 0 aliphatic rings. The summed E-state index contributed by atoms with van der Waals surface area (Å²) in [4.78, 5) is 13.8. The Bertz CT molecular complexity index is 893. The lowest BCUT2D eigenvalue weighted by atomic mass is 10.1. The van der Waals surface area contributed by atoms with E-state index in [1.54, 1.807) is 0 Å². The molecular formula is C18H21N5O3S. The Morgan fingerprint density at radius 2 is 1.59 bits per heavy atom. The molecular weight excluding hydrogens is 366 g/mol. The number of nitrogens with zero attached hydrogens (tertiary/aromatic N) is 2. The SMILES string of the molecule is CNC(=S)N(C)CCNc1c2ccccc2[nH+]c2ccccc12.O=[N+]([O-])[O-]. The Labute approximate surface area is 161 Å². The zero-order valence-electron chi connectivity index (χ0n) is 15.1. The molecule has 3 N–H and O–H groups in total. The van der Waals surface area contributed by atoms with Gasteiger partial charge in [0.2, 0.25) is 11.0 Å². The van der Waals surface area contributed by atoms with E-state index in [-0.39, 0.29) is 0 Å². The van der Waals surface area contributed by atoms with E-state index in [0.29, 0.717) is 0 Å². The molecule has 0 fully saturated rings. The summed E-state index contributed by atoms with van der Waals surface area (Å²) in [6.07, 6.45) is 0. The third-order valence-corrected chi connectivity index (χ3v) is 4.49. The molecule has 0 saturated heterocycles. The fourth-order valence-electron chi connectivity index (χ4n) is 2.74. The highest BCUT2D eigenvalue weighted by molar-refractivity contribution is 7.80. The summed E-state index contributed by atoms with van der Waals surface area (Å²) in [5, 5.41) is 24.5. The van der Waals surface area contributed by atoms with Crippen molar-refractivity contribution in [1.82, 2.24) is 10.2 Å². The highest BCUT2D eigenvalue weighted by Gasteiger charge is 2.13. The number of fused-ring (bicyclic) bond motifs is 2. The average Bonchev–Trinajstić information content (AvgIpc) is 2.66. The van der Waals surface area contributed by atoms with Gasteiger partial charge in [0.15, 0.2) is 5.11 Å². The van der Waals surface area contributed by atoms with Gasteiger partial charge < -0.3 is 30.9 Å². The summed E-state index contributed by atoms with van der Waals surface area (Å²) in [6.45, 7) is 1.65. The third kappa shape index (κ3) is 5.38. The van der Waals surface area contributed by atoms with Crippen molar-refractivity contribution in [2.45, 2.75) is 0 Å². The quantitative estimate of drug-likeness (QED) is 0.306. The van der Waals surface area contributed by atoms with Crippen molar-refractivity contribution < 1.29 is 10.1 Å². The van der Waals surface area contributed by atoms with Crippen LogP contribution in [0.15, 0.2) is 48.5 Å². The smallest absolute Gasteiger partial charge is 0.213 e. The lowest BCUT2D eigenvalue weighted by Gasteiger charge is -2.20. The zero-order valence-corrected chi connectivity index (χ0v) is 15.9. The molecule has 0 unspecified atom stereocenters. The highest BCUT2D eigenvalue weighted by Crippen LogP contribution is 2.28. The van der Waals surface area contributed by atoms with Gasteiger partial charge in [0.1, 0.15) is 0 Å². The van der Waals surface area contributed by atoms with Gasteiger partial charge in [-0.05, 0) is 24.4 Å². The van der Waals surface area contributed by atoms with Crippen molar-refractivity contribution in [3.8, 4) is 0 Å². The standard InChI is InChI=1S/C18H20N4S.NO3/c1-19-18(23)22(2)12-11-20-17-13-7-3-5-9-15(13)21-16-10-6-4-8-14(16)17;2-1(3)4/h3-10H,11-12H2,1-2H3,(H,19,23)(H,20,21);/q;-1/p+1. The molecule has 2 aromatic carbocycles. The topological polar surface area (TPSA) is 108 Å². The second-order valence-electron chi connectivity index (χ2n) is 5.72. The fourth-order valence-corrected chi connectivity index (χ4v) is 2.83. The maximum Gasteiger partial charge on any atom is 0.213 e. The third-order valence-electron chi connectivity index (χ3n) is 3.97. The van der Waals surface area contributed by atoms with Crippen molar-refractivity contribution in [3.63, 3.8) is 0 Å². The van der Waals surface area contributed by atoms with Gasteiger partial charge in [-0.1, -0.05) is 24.3 Å². The number of hydrogen-bond donors (Lipinski definition) is 2. The Morgan fingerprint density at radius 3 is 2.07 bits per heavy atom. The van der Waals surface area contributed by atoms with E-state index in [0.717, 1.165) is 29.2 Å². The number of aromatic nitrogens is 1. The van der Waals surface area contributed by atoms with Gasteiger partial charge in [0.05, 0.1) is 21.5 Å². The minimum atomic E-state index is -1.75. The van der Waals surface area contributed by atoms with Gasteiger partial charge in [0.25, 0.3) is 0 Å². The van der Waals surface area contributed by atoms with Crippen LogP contribution in [0.25, 0.3) is 21.8 Å². The molecule has 3 aromatic rings. The van der Waals surface area contributed by atoms with Crippen LogP contribution in [0.3, 0.4) is 0 Å². The summed E-state index contributed by atoms with van der Waals surface area (Å²) >= 11 is 5.24. The van der Waals surface area contributed by atoms with Crippen molar-refractivity contribution in [2.75, 3.05) is 32.5 Å². The van der Waals surface area contributed by atoms with E-state index in [9.17, 15) is 0 Å². The molecule has 0 saturated carbocycles. The van der Waals surface area contributed by atoms with Crippen molar-refractivity contribution in [1.29, 1.82) is 0 Å². The lowest BCUT2D eigenvalue weighted by molar-refractivity contribution is -0.402. The molecule has 3 rings (SSSR count). The Kier molecular flexibility index (Phi) is 7.07. The van der Waals surface area contributed by atoms with Gasteiger partial charge >= 0.3 is 0 Å². The molecule has 0 aliphatic carbocycles. The molecule has 0 bridgehead atoms. The molecule has 142 valence electrons. The van der Waals surface area contributed by atoms with E-state index in [1.807, 2.05) is 19.0 Å². The minimum absolute atomic E-state index is 0.753. The number of benzene rings is 2. The van der Waals surface area contributed by atoms with Gasteiger partial charge in [-0.3, -0.25) is 0 Å². The Morgan fingerprint density at radius 1 is 1.11 bits per heavy atom. The molecule has 0 amide bonds. The molecule has 1 aromatic heterocycles. The van der Waals surface area contributed by atoms with Crippen LogP contribution in [0, 0.1) is 15.3 Å². The van der Waals surface area contributed by atoms with Crippen molar-refractivity contribution in [3.05, 3.63) is 63.9 Å². The van der Waals surface area contributed by atoms with E-state index in [4.69, 9.17) is 27.5 Å². The van der Waals surface area contributed by atoms with Crippen molar-refractivity contribution >= 4 is 44.8 Å². The first-order valence-corrected chi connectivity index (χ1v) is 8.66.